The minimum atomic E-state index is -0.516. The average Bonchev–Trinajstić information content (AvgIpc) is 3.00. The summed E-state index contributed by atoms with van der Waals surface area (Å²) >= 11 is 0. The highest BCUT2D eigenvalue weighted by atomic mass is 16.6. The molecule has 132 valence electrons. The molecule has 6 heteroatoms. The molecule has 6 nitrogen and oxygen atoms in total. The van der Waals surface area contributed by atoms with Gasteiger partial charge in [0.25, 0.3) is 5.69 Å². The van der Waals surface area contributed by atoms with Crippen LogP contribution in [0.1, 0.15) is 23.0 Å². The average molecular weight is 350 g/mol. The lowest BCUT2D eigenvalue weighted by molar-refractivity contribution is -0.384. The fourth-order valence-electron chi connectivity index (χ4n) is 3.01. The molecule has 0 aliphatic carbocycles. The Labute approximate surface area is 150 Å². The lowest BCUT2D eigenvalue weighted by Crippen LogP contribution is -2.12. The van der Waals surface area contributed by atoms with Crippen molar-refractivity contribution in [3.05, 3.63) is 82.2 Å². The molecule has 0 unspecified atom stereocenters. The Morgan fingerprint density at radius 1 is 1.12 bits per heavy atom. The Morgan fingerprint density at radius 2 is 1.77 bits per heavy atom. The number of aromatic nitrogens is 1. The smallest absolute Gasteiger partial charge is 0.355 e. The monoisotopic (exact) mass is 350 g/mol. The Morgan fingerprint density at radius 3 is 2.42 bits per heavy atom. The zero-order valence-electron chi connectivity index (χ0n) is 14.5. The van der Waals surface area contributed by atoms with E-state index in [2.05, 4.69) is 0 Å². The van der Waals surface area contributed by atoms with Crippen LogP contribution in [0.25, 0.3) is 16.8 Å². The highest BCUT2D eigenvalue weighted by molar-refractivity contribution is 5.99. The maximum atomic E-state index is 12.7. The van der Waals surface area contributed by atoms with Gasteiger partial charge in [0.2, 0.25) is 0 Å². The molecule has 0 radical (unpaired) electrons. The van der Waals surface area contributed by atoms with Crippen LogP contribution < -0.4 is 0 Å². The number of esters is 1. The van der Waals surface area contributed by atoms with Gasteiger partial charge in [-0.05, 0) is 37.6 Å². The first kappa shape index (κ1) is 17.4. The van der Waals surface area contributed by atoms with E-state index in [1.807, 2.05) is 37.3 Å². The molecular weight excluding hydrogens is 332 g/mol. The fraction of sp³-hybridized carbons (Fsp3) is 0.150. The van der Waals surface area contributed by atoms with Crippen molar-refractivity contribution >= 4 is 11.7 Å². The van der Waals surface area contributed by atoms with Gasteiger partial charge in [0.1, 0.15) is 5.69 Å². The maximum Gasteiger partial charge on any atom is 0.355 e. The van der Waals surface area contributed by atoms with Crippen LogP contribution in [0.4, 0.5) is 5.69 Å². The Balaban J connectivity index is 2.32. The third kappa shape index (κ3) is 3.09. The number of carbonyl (C=O) groups is 1. The second-order valence-corrected chi connectivity index (χ2v) is 5.74. The molecule has 0 bridgehead atoms. The van der Waals surface area contributed by atoms with Crippen molar-refractivity contribution in [2.75, 3.05) is 6.61 Å². The highest BCUT2D eigenvalue weighted by Gasteiger charge is 2.27. The van der Waals surface area contributed by atoms with Crippen molar-refractivity contribution in [1.29, 1.82) is 0 Å². The van der Waals surface area contributed by atoms with Gasteiger partial charge < -0.3 is 9.30 Å². The molecule has 3 rings (SSSR count). The fourth-order valence-corrected chi connectivity index (χ4v) is 3.01. The molecule has 1 heterocycles. The molecule has 0 saturated heterocycles. The first-order chi connectivity index (χ1) is 12.5. The van der Waals surface area contributed by atoms with Crippen molar-refractivity contribution in [1.82, 2.24) is 4.57 Å². The van der Waals surface area contributed by atoms with Gasteiger partial charge in [0, 0.05) is 23.5 Å². The van der Waals surface area contributed by atoms with Crippen LogP contribution >= 0.6 is 0 Å². The van der Waals surface area contributed by atoms with E-state index in [0.717, 1.165) is 11.3 Å². The highest BCUT2D eigenvalue weighted by Crippen LogP contribution is 2.37. The van der Waals surface area contributed by atoms with Crippen molar-refractivity contribution in [3.8, 4) is 16.8 Å². The van der Waals surface area contributed by atoms with E-state index in [9.17, 15) is 14.9 Å². The number of nitro benzene ring substituents is 1. The van der Waals surface area contributed by atoms with Gasteiger partial charge >= 0.3 is 5.97 Å². The van der Waals surface area contributed by atoms with Gasteiger partial charge in [-0.3, -0.25) is 10.1 Å². The quantitative estimate of drug-likeness (QED) is 0.385. The van der Waals surface area contributed by atoms with E-state index in [-0.39, 0.29) is 18.0 Å². The Hall–Kier alpha value is -3.41. The molecule has 0 fully saturated rings. The van der Waals surface area contributed by atoms with E-state index in [1.165, 1.54) is 6.07 Å². The number of hydrogen-bond donors (Lipinski definition) is 0. The molecule has 0 aliphatic heterocycles. The molecule has 0 amide bonds. The van der Waals surface area contributed by atoms with Gasteiger partial charge in [-0.1, -0.05) is 30.3 Å². The topological polar surface area (TPSA) is 74.4 Å². The van der Waals surface area contributed by atoms with Crippen LogP contribution in [-0.2, 0) is 4.74 Å². The first-order valence-corrected chi connectivity index (χ1v) is 8.22. The lowest BCUT2D eigenvalue weighted by atomic mass is 10.0. The van der Waals surface area contributed by atoms with Gasteiger partial charge in [0.15, 0.2) is 0 Å². The molecule has 0 spiro atoms. The number of para-hydroxylation sites is 2. The predicted octanol–water partition coefficient (Wildman–Crippen LogP) is 4.54. The minimum Gasteiger partial charge on any atom is -0.461 e. The molecule has 2 aromatic carbocycles. The summed E-state index contributed by atoms with van der Waals surface area (Å²) < 4.78 is 6.96. The second kappa shape index (κ2) is 7.23. The van der Waals surface area contributed by atoms with E-state index in [0.29, 0.717) is 11.1 Å². The van der Waals surface area contributed by atoms with Gasteiger partial charge in [0.05, 0.1) is 17.1 Å². The third-order valence-corrected chi connectivity index (χ3v) is 4.07. The standard InChI is InChI=1S/C20H18N2O4/c1-3-26-20(23)19-18(16-11-7-8-12-17(16)22(24)25)14(2)13-21(19)15-9-5-4-6-10-15/h4-13H,3H2,1-2H3. The molecule has 0 atom stereocenters. The van der Waals surface area contributed by atoms with E-state index in [1.54, 1.807) is 35.9 Å². The maximum absolute atomic E-state index is 12.7. The van der Waals surface area contributed by atoms with Crippen LogP contribution in [0, 0.1) is 17.0 Å². The molecule has 0 saturated carbocycles. The van der Waals surface area contributed by atoms with Crippen LogP contribution in [0.15, 0.2) is 60.8 Å². The van der Waals surface area contributed by atoms with Crippen LogP contribution in [0.3, 0.4) is 0 Å². The molecule has 0 N–H and O–H groups in total. The number of aryl methyl sites for hydroxylation is 1. The Kier molecular flexibility index (Phi) is 4.84. The summed E-state index contributed by atoms with van der Waals surface area (Å²) in [5, 5.41) is 11.5. The molecular formula is C20H18N2O4. The van der Waals surface area contributed by atoms with E-state index < -0.39 is 10.9 Å². The van der Waals surface area contributed by atoms with Crippen molar-refractivity contribution in [3.63, 3.8) is 0 Å². The number of benzene rings is 2. The van der Waals surface area contributed by atoms with Gasteiger partial charge in [-0.15, -0.1) is 0 Å². The summed E-state index contributed by atoms with van der Waals surface area (Å²) in [6, 6.07) is 15.8. The van der Waals surface area contributed by atoms with Crippen molar-refractivity contribution in [2.24, 2.45) is 0 Å². The van der Waals surface area contributed by atoms with E-state index >= 15 is 0 Å². The van der Waals surface area contributed by atoms with E-state index in [4.69, 9.17) is 4.74 Å². The number of nitrogens with zero attached hydrogens (tertiary/aromatic N) is 2. The zero-order valence-corrected chi connectivity index (χ0v) is 14.5. The molecule has 0 aliphatic rings. The summed E-state index contributed by atoms with van der Waals surface area (Å²) in [5.74, 6) is -0.516. The van der Waals surface area contributed by atoms with Gasteiger partial charge in [-0.2, -0.15) is 0 Å². The number of hydrogen-bond acceptors (Lipinski definition) is 4. The van der Waals surface area contributed by atoms with Crippen LogP contribution in [0.5, 0.6) is 0 Å². The minimum absolute atomic E-state index is 0.0491. The van der Waals surface area contributed by atoms with Crippen molar-refractivity contribution in [2.45, 2.75) is 13.8 Å². The Bertz CT molecular complexity index is 961. The zero-order chi connectivity index (χ0) is 18.7. The SMILES string of the molecule is CCOC(=O)c1c(-c2ccccc2[N+](=O)[O-])c(C)cn1-c1ccccc1. The van der Waals surface area contributed by atoms with Gasteiger partial charge in [-0.25, -0.2) is 4.79 Å². The predicted molar refractivity (Wildman–Crippen MR) is 98.6 cm³/mol. The molecule has 1 aromatic heterocycles. The summed E-state index contributed by atoms with van der Waals surface area (Å²) in [6.07, 6.45) is 1.80. The van der Waals surface area contributed by atoms with Crippen molar-refractivity contribution < 1.29 is 14.5 Å². The largest absolute Gasteiger partial charge is 0.461 e. The number of rotatable bonds is 5. The lowest BCUT2D eigenvalue weighted by Gasteiger charge is -2.11. The van der Waals surface area contributed by atoms with Crippen LogP contribution in [-0.4, -0.2) is 22.1 Å². The summed E-state index contributed by atoms with van der Waals surface area (Å²) in [5.41, 5.74) is 2.68. The number of ether oxygens (including phenoxy) is 1. The van der Waals surface area contributed by atoms with Crippen LogP contribution in [0.2, 0.25) is 0 Å². The first-order valence-electron chi connectivity index (χ1n) is 8.22. The number of carbonyl (C=O) groups excluding carboxylic acids is 1. The molecule has 26 heavy (non-hydrogen) atoms. The third-order valence-electron chi connectivity index (χ3n) is 4.07. The normalized spacial score (nSPS) is 10.5. The molecule has 3 aromatic rings. The number of nitro groups is 1. The summed E-state index contributed by atoms with van der Waals surface area (Å²) in [6.45, 7) is 3.77. The summed E-state index contributed by atoms with van der Waals surface area (Å²) in [7, 11) is 0. The summed E-state index contributed by atoms with van der Waals surface area (Å²) in [4.78, 5) is 23.7. The second-order valence-electron chi connectivity index (χ2n) is 5.74.